The van der Waals surface area contributed by atoms with Gasteiger partial charge in [-0.15, -0.1) is 0 Å². The van der Waals surface area contributed by atoms with Crippen molar-refractivity contribution in [1.29, 1.82) is 0 Å². The van der Waals surface area contributed by atoms with Gasteiger partial charge in [0.1, 0.15) is 5.69 Å². The standard InChI is InChI=1S/C12H12N4O2/c1-7-6-8(2)14-12(13-7)16-11(18)9-4-3-5-10(17)15-9/h3-6H,1-2H3,(H,15,17)(H,13,14,16,18). The number of hydrogen-bond donors (Lipinski definition) is 2. The van der Waals surface area contributed by atoms with Crippen LogP contribution in [0.25, 0.3) is 0 Å². The zero-order valence-electron chi connectivity index (χ0n) is 10.0. The Morgan fingerprint density at radius 3 is 2.50 bits per heavy atom. The Bertz CT molecular complexity index is 628. The van der Waals surface area contributed by atoms with Crippen molar-refractivity contribution in [3.8, 4) is 0 Å². The van der Waals surface area contributed by atoms with Crippen LogP contribution in [0, 0.1) is 13.8 Å². The van der Waals surface area contributed by atoms with Gasteiger partial charge in [-0.3, -0.25) is 14.9 Å². The molecule has 2 heterocycles. The molecule has 0 fully saturated rings. The Hall–Kier alpha value is -2.50. The smallest absolute Gasteiger partial charge is 0.274 e. The second-order valence-electron chi connectivity index (χ2n) is 3.86. The van der Waals surface area contributed by atoms with Gasteiger partial charge in [0.2, 0.25) is 11.5 Å². The Morgan fingerprint density at radius 1 is 1.22 bits per heavy atom. The van der Waals surface area contributed by atoms with Gasteiger partial charge in [0.15, 0.2) is 0 Å². The highest BCUT2D eigenvalue weighted by atomic mass is 16.2. The number of nitrogens with zero attached hydrogens (tertiary/aromatic N) is 2. The summed E-state index contributed by atoms with van der Waals surface area (Å²) in [5.41, 5.74) is 1.37. The van der Waals surface area contributed by atoms with Gasteiger partial charge in [-0.05, 0) is 26.0 Å². The molecule has 0 aromatic carbocycles. The van der Waals surface area contributed by atoms with Gasteiger partial charge in [-0.25, -0.2) is 9.97 Å². The summed E-state index contributed by atoms with van der Waals surface area (Å²) < 4.78 is 0. The minimum absolute atomic E-state index is 0.172. The first-order valence-corrected chi connectivity index (χ1v) is 5.37. The van der Waals surface area contributed by atoms with Crippen molar-refractivity contribution in [2.24, 2.45) is 0 Å². The minimum Gasteiger partial charge on any atom is -0.318 e. The predicted molar refractivity (Wildman–Crippen MR) is 66.5 cm³/mol. The maximum atomic E-state index is 11.8. The molecule has 0 aliphatic heterocycles. The van der Waals surface area contributed by atoms with E-state index < -0.39 is 5.91 Å². The van der Waals surface area contributed by atoms with Gasteiger partial charge in [-0.2, -0.15) is 0 Å². The number of aryl methyl sites for hydroxylation is 2. The first-order valence-electron chi connectivity index (χ1n) is 5.37. The molecular formula is C12H12N4O2. The van der Waals surface area contributed by atoms with Crippen LogP contribution >= 0.6 is 0 Å². The largest absolute Gasteiger partial charge is 0.318 e. The molecule has 6 nitrogen and oxygen atoms in total. The lowest BCUT2D eigenvalue weighted by atomic mass is 10.3. The summed E-state index contributed by atoms with van der Waals surface area (Å²) in [6.45, 7) is 3.63. The molecule has 92 valence electrons. The molecule has 1 amide bonds. The third-order valence-corrected chi connectivity index (χ3v) is 2.22. The molecule has 18 heavy (non-hydrogen) atoms. The molecule has 0 radical (unpaired) electrons. The highest BCUT2D eigenvalue weighted by molar-refractivity contribution is 6.01. The first-order chi connectivity index (χ1) is 8.54. The summed E-state index contributed by atoms with van der Waals surface area (Å²) >= 11 is 0. The molecule has 2 N–H and O–H groups in total. The van der Waals surface area contributed by atoms with Gasteiger partial charge in [-0.1, -0.05) is 6.07 Å². The maximum Gasteiger partial charge on any atom is 0.274 e. The predicted octanol–water partition coefficient (Wildman–Crippen LogP) is 1.03. The number of rotatable bonds is 2. The normalized spacial score (nSPS) is 10.1. The molecule has 0 aliphatic carbocycles. The van der Waals surface area contributed by atoms with E-state index in [0.29, 0.717) is 0 Å². The molecular weight excluding hydrogens is 232 g/mol. The number of aromatic nitrogens is 3. The fraction of sp³-hybridized carbons (Fsp3) is 0.167. The van der Waals surface area contributed by atoms with Crippen LogP contribution < -0.4 is 10.9 Å². The van der Waals surface area contributed by atoms with Gasteiger partial charge >= 0.3 is 0 Å². The van der Waals surface area contributed by atoms with Crippen LogP contribution in [0.4, 0.5) is 5.95 Å². The van der Waals surface area contributed by atoms with Gasteiger partial charge < -0.3 is 4.98 Å². The van der Waals surface area contributed by atoms with Crippen molar-refractivity contribution in [2.75, 3.05) is 5.32 Å². The van der Waals surface area contributed by atoms with E-state index in [0.717, 1.165) is 11.4 Å². The lowest BCUT2D eigenvalue weighted by molar-refractivity contribution is 0.102. The second-order valence-corrected chi connectivity index (χ2v) is 3.86. The highest BCUT2D eigenvalue weighted by Gasteiger charge is 2.08. The van der Waals surface area contributed by atoms with Gasteiger partial charge in [0.05, 0.1) is 0 Å². The van der Waals surface area contributed by atoms with E-state index >= 15 is 0 Å². The second kappa shape index (κ2) is 4.79. The lowest BCUT2D eigenvalue weighted by Crippen LogP contribution is -2.19. The molecule has 2 rings (SSSR count). The molecule has 2 aromatic heterocycles. The van der Waals surface area contributed by atoms with E-state index in [1.807, 2.05) is 13.8 Å². The Kier molecular flexibility index (Phi) is 3.18. The van der Waals surface area contributed by atoms with Crippen LogP contribution in [0.5, 0.6) is 0 Å². The summed E-state index contributed by atoms with van der Waals surface area (Å²) in [6, 6.07) is 6.17. The van der Waals surface area contributed by atoms with E-state index in [9.17, 15) is 9.59 Å². The monoisotopic (exact) mass is 244 g/mol. The summed E-state index contributed by atoms with van der Waals surface area (Å²) in [7, 11) is 0. The summed E-state index contributed by atoms with van der Waals surface area (Å²) in [5.74, 6) is -0.222. The van der Waals surface area contributed by atoms with Crippen LogP contribution in [-0.4, -0.2) is 20.9 Å². The van der Waals surface area contributed by atoms with Crippen LogP contribution in [0.2, 0.25) is 0 Å². The van der Waals surface area contributed by atoms with Gasteiger partial charge in [0.25, 0.3) is 5.91 Å². The third kappa shape index (κ3) is 2.79. The SMILES string of the molecule is Cc1cc(C)nc(NC(=O)c2cccc(=O)[nH]2)n1. The van der Waals surface area contributed by atoms with Gasteiger partial charge in [0, 0.05) is 17.5 Å². The zero-order valence-corrected chi connectivity index (χ0v) is 10.0. The molecule has 0 saturated carbocycles. The third-order valence-electron chi connectivity index (χ3n) is 2.22. The Labute approximate surface area is 103 Å². The zero-order chi connectivity index (χ0) is 13.1. The molecule has 0 unspecified atom stereocenters. The van der Waals surface area contributed by atoms with Crippen molar-refractivity contribution >= 4 is 11.9 Å². The first kappa shape index (κ1) is 12.0. The van der Waals surface area contributed by atoms with Crippen LogP contribution in [0.15, 0.2) is 29.1 Å². The van der Waals surface area contributed by atoms with E-state index in [4.69, 9.17) is 0 Å². The number of carbonyl (C=O) groups is 1. The van der Waals surface area contributed by atoms with Crippen molar-refractivity contribution in [2.45, 2.75) is 13.8 Å². The summed E-state index contributed by atoms with van der Waals surface area (Å²) in [4.78, 5) is 33.5. The van der Waals surface area contributed by atoms with Crippen molar-refractivity contribution in [1.82, 2.24) is 15.0 Å². The van der Waals surface area contributed by atoms with Crippen LogP contribution in [-0.2, 0) is 0 Å². The van der Waals surface area contributed by atoms with Crippen LogP contribution in [0.3, 0.4) is 0 Å². The molecule has 6 heteroatoms. The number of amides is 1. The summed E-state index contributed by atoms with van der Waals surface area (Å²) in [6.07, 6.45) is 0. The fourth-order valence-corrected chi connectivity index (χ4v) is 1.53. The number of pyridine rings is 1. The average molecular weight is 244 g/mol. The van der Waals surface area contributed by atoms with E-state index in [1.54, 1.807) is 6.07 Å². The number of anilines is 1. The average Bonchev–Trinajstić information content (AvgIpc) is 2.27. The number of H-pyrrole nitrogens is 1. The molecule has 2 aromatic rings. The number of aromatic amines is 1. The highest BCUT2D eigenvalue weighted by Crippen LogP contribution is 2.05. The quantitative estimate of drug-likeness (QED) is 0.826. The summed E-state index contributed by atoms with van der Waals surface area (Å²) in [5, 5.41) is 2.54. The lowest BCUT2D eigenvalue weighted by Gasteiger charge is -2.05. The van der Waals surface area contributed by atoms with Crippen LogP contribution in [0.1, 0.15) is 21.9 Å². The van der Waals surface area contributed by atoms with Crippen molar-refractivity contribution in [3.63, 3.8) is 0 Å². The van der Waals surface area contributed by atoms with E-state index in [1.165, 1.54) is 18.2 Å². The van der Waals surface area contributed by atoms with E-state index in [2.05, 4.69) is 20.3 Å². The maximum absolute atomic E-state index is 11.8. The topological polar surface area (TPSA) is 87.7 Å². The Morgan fingerprint density at radius 2 is 1.89 bits per heavy atom. The molecule has 0 aliphatic rings. The van der Waals surface area contributed by atoms with Crippen molar-refractivity contribution in [3.05, 3.63) is 51.7 Å². The van der Waals surface area contributed by atoms with Crippen molar-refractivity contribution < 1.29 is 4.79 Å². The fourth-order valence-electron chi connectivity index (χ4n) is 1.53. The molecule has 0 atom stereocenters. The minimum atomic E-state index is -0.447. The Balaban J connectivity index is 2.24. The number of carbonyl (C=O) groups excluding carboxylic acids is 1. The number of hydrogen-bond acceptors (Lipinski definition) is 4. The molecule has 0 bridgehead atoms. The molecule has 0 saturated heterocycles. The van der Waals surface area contributed by atoms with E-state index in [-0.39, 0.29) is 17.2 Å². The number of nitrogens with one attached hydrogen (secondary N) is 2. The molecule has 0 spiro atoms.